The van der Waals surface area contributed by atoms with Gasteiger partial charge in [0.25, 0.3) is 0 Å². The number of hydrogen-bond acceptors (Lipinski definition) is 4. The quantitative estimate of drug-likeness (QED) is 0.0914. The van der Waals surface area contributed by atoms with Crippen LogP contribution in [-0.4, -0.2) is 44.3 Å². The Kier molecular flexibility index (Phi) is 17.6. The van der Waals surface area contributed by atoms with Crippen molar-refractivity contribution in [3.8, 4) is 0 Å². The van der Waals surface area contributed by atoms with Gasteiger partial charge < -0.3 is 20.4 Å². The Morgan fingerprint density at radius 1 is 0.375 bits per heavy atom. The molecule has 40 heavy (non-hydrogen) atoms. The van der Waals surface area contributed by atoms with E-state index in [0.29, 0.717) is 12.8 Å². The Labute approximate surface area is 239 Å². The number of carboxylic acids is 4. The topological polar surface area (TPSA) is 149 Å². The lowest BCUT2D eigenvalue weighted by Crippen LogP contribution is -2.24. The first-order chi connectivity index (χ1) is 19.2. The van der Waals surface area contributed by atoms with Crippen LogP contribution in [0.15, 0.2) is 0 Å². The molecule has 4 N–H and O–H groups in total. The lowest BCUT2D eigenvalue weighted by Gasteiger charge is -2.20. The summed E-state index contributed by atoms with van der Waals surface area (Å²) in [4.78, 5) is 49.3. The first kappa shape index (κ1) is 35.1. The van der Waals surface area contributed by atoms with Gasteiger partial charge >= 0.3 is 23.9 Å². The molecule has 0 spiro atoms. The number of hydrogen-bond donors (Lipinski definition) is 4. The van der Waals surface area contributed by atoms with Crippen molar-refractivity contribution in [2.24, 2.45) is 0 Å². The normalized spacial score (nSPS) is 11.1. The monoisotopic (exact) mass is 562 g/mol. The maximum atomic E-state index is 12.3. The van der Waals surface area contributed by atoms with Crippen molar-refractivity contribution in [2.75, 3.05) is 0 Å². The minimum absolute atomic E-state index is 0.00201. The zero-order valence-corrected chi connectivity index (χ0v) is 24.6. The summed E-state index contributed by atoms with van der Waals surface area (Å²) in [5.74, 6) is -6.18. The van der Waals surface area contributed by atoms with E-state index in [1.165, 1.54) is 38.5 Å². The lowest BCUT2D eigenvalue weighted by atomic mass is 9.82. The van der Waals surface area contributed by atoms with E-state index in [1.54, 1.807) is 0 Å². The summed E-state index contributed by atoms with van der Waals surface area (Å²) in [7, 11) is 0. The van der Waals surface area contributed by atoms with Gasteiger partial charge in [0.2, 0.25) is 0 Å². The van der Waals surface area contributed by atoms with E-state index in [-0.39, 0.29) is 24.0 Å². The van der Waals surface area contributed by atoms with E-state index in [0.717, 1.165) is 64.2 Å². The number of unbranched alkanes of at least 4 members (excludes halogenated alkanes) is 16. The molecule has 0 amide bonds. The zero-order chi connectivity index (χ0) is 29.9. The second-order valence-electron chi connectivity index (χ2n) is 10.8. The molecule has 8 heteroatoms. The van der Waals surface area contributed by atoms with E-state index in [2.05, 4.69) is 13.8 Å². The Balaban J connectivity index is 3.16. The van der Waals surface area contributed by atoms with Crippen LogP contribution < -0.4 is 0 Å². The number of benzene rings is 1. The molecule has 0 unspecified atom stereocenters. The van der Waals surface area contributed by atoms with Gasteiger partial charge in [-0.1, -0.05) is 117 Å². The summed E-state index contributed by atoms with van der Waals surface area (Å²) in [5, 5.41) is 40.1. The van der Waals surface area contributed by atoms with Crippen LogP contribution in [0.25, 0.3) is 0 Å². The van der Waals surface area contributed by atoms with Gasteiger partial charge in [0.15, 0.2) is 0 Å². The van der Waals surface area contributed by atoms with Gasteiger partial charge in [-0.25, -0.2) is 19.2 Å². The van der Waals surface area contributed by atoms with E-state index in [9.17, 15) is 39.6 Å². The molecule has 0 aliphatic heterocycles. The fourth-order valence-corrected chi connectivity index (χ4v) is 5.52. The lowest BCUT2D eigenvalue weighted by molar-refractivity contribution is 0.0632. The third-order valence-electron chi connectivity index (χ3n) is 7.62. The van der Waals surface area contributed by atoms with Gasteiger partial charge in [-0.15, -0.1) is 0 Å². The standard InChI is InChI=1S/C32H50O8/c1-3-5-7-9-11-13-15-17-19-21-23-25(29(33)34)27(31(37)38)24(28(32(39)40)26(23)30(35)36)22-20-18-16-14-12-10-8-6-4-2/h3-22H2,1-2H3,(H,33,34)(H,35,36)(H,37,38)(H,39,40). The number of carbonyl (C=O) groups is 4. The smallest absolute Gasteiger partial charge is 0.336 e. The molecule has 1 aromatic carbocycles. The SMILES string of the molecule is CCCCCCCCCCCc1c(C(=O)O)c(C(=O)O)c(CCCCCCCCCCC)c(C(=O)O)c1C(=O)O. The van der Waals surface area contributed by atoms with Crippen LogP contribution in [0.5, 0.6) is 0 Å². The van der Waals surface area contributed by atoms with Gasteiger partial charge in [0, 0.05) is 0 Å². The highest BCUT2D eigenvalue weighted by Crippen LogP contribution is 2.32. The van der Waals surface area contributed by atoms with Crippen molar-refractivity contribution in [3.63, 3.8) is 0 Å². The molecule has 1 aromatic rings. The Morgan fingerprint density at radius 3 is 0.775 bits per heavy atom. The highest BCUT2D eigenvalue weighted by atomic mass is 16.4. The first-order valence-electron chi connectivity index (χ1n) is 15.3. The summed E-state index contributed by atoms with van der Waals surface area (Å²) in [6.45, 7) is 4.32. The number of aromatic carboxylic acids is 4. The van der Waals surface area contributed by atoms with Crippen LogP contribution in [0.3, 0.4) is 0 Å². The van der Waals surface area contributed by atoms with Crippen LogP contribution in [0.1, 0.15) is 182 Å². The molecular formula is C32H50O8. The highest BCUT2D eigenvalue weighted by molar-refractivity contribution is 6.12. The molecule has 8 nitrogen and oxygen atoms in total. The van der Waals surface area contributed by atoms with E-state index in [4.69, 9.17) is 0 Å². The molecule has 0 atom stereocenters. The predicted molar refractivity (Wildman–Crippen MR) is 156 cm³/mol. The predicted octanol–water partition coefficient (Wildman–Crippen LogP) is 8.63. The molecule has 226 valence electrons. The molecule has 0 aliphatic carbocycles. The summed E-state index contributed by atoms with van der Waals surface area (Å²) in [5.41, 5.74) is -2.73. The molecule has 0 radical (unpaired) electrons. The van der Waals surface area contributed by atoms with Crippen molar-refractivity contribution in [2.45, 2.75) is 142 Å². The minimum atomic E-state index is -1.55. The Hall–Kier alpha value is -2.90. The summed E-state index contributed by atoms with van der Waals surface area (Å²) in [6, 6.07) is 0. The Morgan fingerprint density at radius 2 is 0.575 bits per heavy atom. The second-order valence-corrected chi connectivity index (χ2v) is 10.8. The average Bonchev–Trinajstić information content (AvgIpc) is 2.89. The summed E-state index contributed by atoms with van der Waals surface area (Å²) < 4.78 is 0. The van der Waals surface area contributed by atoms with Crippen molar-refractivity contribution < 1.29 is 39.6 Å². The van der Waals surface area contributed by atoms with E-state index in [1.807, 2.05) is 0 Å². The van der Waals surface area contributed by atoms with Crippen molar-refractivity contribution in [3.05, 3.63) is 33.4 Å². The molecule has 0 heterocycles. The van der Waals surface area contributed by atoms with Crippen LogP contribution in [0.4, 0.5) is 0 Å². The molecule has 0 bridgehead atoms. The van der Waals surface area contributed by atoms with Crippen molar-refractivity contribution >= 4 is 23.9 Å². The van der Waals surface area contributed by atoms with E-state index >= 15 is 0 Å². The van der Waals surface area contributed by atoms with Crippen LogP contribution >= 0.6 is 0 Å². The largest absolute Gasteiger partial charge is 0.478 e. The summed E-state index contributed by atoms with van der Waals surface area (Å²) in [6.07, 6.45) is 17.8. The third-order valence-corrected chi connectivity index (χ3v) is 7.62. The molecule has 0 aliphatic rings. The fraction of sp³-hybridized carbons (Fsp3) is 0.688. The maximum absolute atomic E-state index is 12.3. The first-order valence-corrected chi connectivity index (χ1v) is 15.3. The summed E-state index contributed by atoms with van der Waals surface area (Å²) >= 11 is 0. The van der Waals surface area contributed by atoms with Gasteiger partial charge in [0.1, 0.15) is 0 Å². The zero-order valence-electron chi connectivity index (χ0n) is 24.6. The van der Waals surface area contributed by atoms with Crippen LogP contribution in [0, 0.1) is 0 Å². The number of carboxylic acid groups (broad SMARTS) is 4. The molecule has 0 aromatic heterocycles. The third kappa shape index (κ3) is 11.7. The van der Waals surface area contributed by atoms with Gasteiger partial charge in [0.05, 0.1) is 22.3 Å². The molecular weight excluding hydrogens is 512 g/mol. The fourth-order valence-electron chi connectivity index (χ4n) is 5.52. The Bertz CT molecular complexity index is 836. The second kappa shape index (κ2) is 20.0. The van der Waals surface area contributed by atoms with Gasteiger partial charge in [-0.2, -0.15) is 0 Å². The highest BCUT2D eigenvalue weighted by Gasteiger charge is 2.35. The molecule has 0 fully saturated rings. The van der Waals surface area contributed by atoms with Crippen molar-refractivity contribution in [1.82, 2.24) is 0 Å². The average molecular weight is 563 g/mol. The minimum Gasteiger partial charge on any atom is -0.478 e. The van der Waals surface area contributed by atoms with Crippen LogP contribution in [0.2, 0.25) is 0 Å². The molecule has 1 rings (SSSR count). The van der Waals surface area contributed by atoms with Crippen LogP contribution in [-0.2, 0) is 12.8 Å². The van der Waals surface area contributed by atoms with E-state index < -0.39 is 46.1 Å². The molecule has 0 saturated carbocycles. The van der Waals surface area contributed by atoms with Gasteiger partial charge in [-0.05, 0) is 36.8 Å². The van der Waals surface area contributed by atoms with Gasteiger partial charge in [-0.3, -0.25) is 0 Å². The maximum Gasteiger partial charge on any atom is 0.336 e. The number of rotatable bonds is 24. The molecule has 0 saturated heterocycles. The van der Waals surface area contributed by atoms with Crippen molar-refractivity contribution in [1.29, 1.82) is 0 Å².